The van der Waals surface area contributed by atoms with Gasteiger partial charge in [-0.1, -0.05) is 57.5 Å². The van der Waals surface area contributed by atoms with Gasteiger partial charge in [-0.2, -0.15) is 0 Å². The highest BCUT2D eigenvalue weighted by Gasteiger charge is 2.08. The summed E-state index contributed by atoms with van der Waals surface area (Å²) in [4.78, 5) is 28.9. The summed E-state index contributed by atoms with van der Waals surface area (Å²) in [5, 5.41) is 10.8. The lowest BCUT2D eigenvalue weighted by molar-refractivity contribution is 0.0702. The zero-order chi connectivity index (χ0) is 28.4. The number of pyridine rings is 1. The summed E-state index contributed by atoms with van der Waals surface area (Å²) in [5.74, 6) is -0.229. The van der Waals surface area contributed by atoms with Crippen LogP contribution in [0.25, 0.3) is 21.0 Å². The molecule has 40 heavy (non-hydrogen) atoms. The van der Waals surface area contributed by atoms with Crippen molar-refractivity contribution in [3.05, 3.63) is 92.4 Å². The van der Waals surface area contributed by atoms with Crippen LogP contribution in [0.4, 0.5) is 5.82 Å². The number of rotatable bonds is 2. The molecule has 6 rings (SSSR count). The van der Waals surface area contributed by atoms with Crippen molar-refractivity contribution in [2.45, 2.75) is 26.8 Å². The highest BCUT2D eigenvalue weighted by Crippen LogP contribution is 2.28. The number of benzene rings is 2. The minimum absolute atomic E-state index is 0. The molecular formula is C29H32Br2N4O4S. The molecule has 1 unspecified atom stereocenters. The summed E-state index contributed by atoms with van der Waals surface area (Å²) in [6.45, 7) is 3.18. The number of nitrogen functional groups attached to an aromatic ring is 1. The van der Waals surface area contributed by atoms with Crippen LogP contribution in [0, 0.1) is 0 Å². The number of nitrogens with one attached hydrogen (secondary N) is 1. The first-order chi connectivity index (χ1) is 18.6. The van der Waals surface area contributed by atoms with E-state index >= 15 is 0 Å². The number of hydrogen-bond donors (Lipinski definition) is 4. The number of carboxylic acids is 1. The van der Waals surface area contributed by atoms with Crippen LogP contribution in [0.1, 0.15) is 40.9 Å². The SMILES string of the molecule is C.CC(=O)c1cc2ccc(Br)cc2[nH]1.NC1CCOC1.Nc1ccccn1.O=C(O)c1cc2ccc(Br)cc2s1. The molecule has 4 heterocycles. The number of Topliss-reactive ketones (excluding diaryl/α,β-unsaturated/α-hetero) is 1. The molecular weight excluding hydrogens is 660 g/mol. The standard InChI is InChI=1S/C10H8BrNO.C9H5BrO2S.C5H6N2.C4H9NO.CH4/c1-6(13)9-4-7-2-3-8(11)5-10(7)12-9;10-6-2-1-5-3-8(9(11)12)13-7(5)4-6;6-5-3-1-2-4-7-5;5-4-1-2-6-3-4;/h2-5,12H,1H3;1-4H,(H,11,12);1-4H,(H2,6,7);4H,1-3,5H2;1H4. The smallest absolute Gasteiger partial charge is 0.345 e. The number of nitrogens with two attached hydrogens (primary N) is 2. The van der Waals surface area contributed by atoms with Gasteiger partial charge in [0, 0.05) is 50.3 Å². The van der Waals surface area contributed by atoms with Crippen molar-refractivity contribution < 1.29 is 19.4 Å². The van der Waals surface area contributed by atoms with E-state index in [4.69, 9.17) is 21.3 Å². The largest absolute Gasteiger partial charge is 0.477 e. The number of anilines is 1. The molecule has 3 aromatic heterocycles. The Bertz CT molecular complexity index is 1440. The molecule has 212 valence electrons. The number of aromatic amines is 1. The number of carboxylic acid groups (broad SMARTS) is 1. The summed E-state index contributed by atoms with van der Waals surface area (Å²) in [6, 6.07) is 20.9. The number of H-pyrrole nitrogens is 1. The van der Waals surface area contributed by atoms with Crippen LogP contribution in [-0.2, 0) is 4.74 Å². The number of thiophene rings is 1. The molecule has 0 bridgehead atoms. The van der Waals surface area contributed by atoms with Gasteiger partial charge >= 0.3 is 5.97 Å². The minimum Gasteiger partial charge on any atom is -0.477 e. The molecule has 6 N–H and O–H groups in total. The Morgan fingerprint density at radius 1 is 1.05 bits per heavy atom. The number of nitrogens with zero attached hydrogens (tertiary/aromatic N) is 1. The molecule has 0 amide bonds. The number of hydrogen-bond acceptors (Lipinski definition) is 7. The number of carbonyl (C=O) groups is 2. The third-order valence-corrected chi connectivity index (χ3v) is 7.38. The molecule has 1 aliphatic heterocycles. The van der Waals surface area contributed by atoms with Crippen molar-refractivity contribution in [3.63, 3.8) is 0 Å². The predicted octanol–water partition coefficient (Wildman–Crippen LogP) is 7.53. The van der Waals surface area contributed by atoms with Gasteiger partial charge in [-0.25, -0.2) is 9.78 Å². The van der Waals surface area contributed by atoms with E-state index in [-0.39, 0.29) is 13.2 Å². The van der Waals surface area contributed by atoms with E-state index < -0.39 is 5.97 Å². The van der Waals surface area contributed by atoms with Gasteiger partial charge in [0.2, 0.25) is 0 Å². The fraction of sp³-hybridized carbons (Fsp3) is 0.207. The first-order valence-electron chi connectivity index (χ1n) is 11.8. The van der Waals surface area contributed by atoms with Crippen LogP contribution in [-0.4, -0.2) is 46.1 Å². The number of aromatic nitrogens is 2. The Morgan fingerprint density at radius 3 is 2.25 bits per heavy atom. The van der Waals surface area contributed by atoms with Gasteiger partial charge in [-0.3, -0.25) is 4.79 Å². The lowest BCUT2D eigenvalue weighted by Crippen LogP contribution is -2.18. The Hall–Kier alpha value is -3.09. The van der Waals surface area contributed by atoms with Crippen molar-refractivity contribution in [1.29, 1.82) is 0 Å². The zero-order valence-electron chi connectivity index (χ0n) is 21.1. The molecule has 5 aromatic rings. The predicted molar refractivity (Wildman–Crippen MR) is 171 cm³/mol. The van der Waals surface area contributed by atoms with Crippen LogP contribution < -0.4 is 11.5 Å². The summed E-state index contributed by atoms with van der Waals surface area (Å²) in [5.41, 5.74) is 12.3. The van der Waals surface area contributed by atoms with Gasteiger partial charge in [0.15, 0.2) is 5.78 Å². The molecule has 1 atom stereocenters. The number of fused-ring (bicyclic) bond motifs is 2. The maximum absolute atomic E-state index is 11.1. The fourth-order valence-corrected chi connectivity index (χ4v) is 5.14. The fourth-order valence-electron chi connectivity index (χ4n) is 3.33. The van der Waals surface area contributed by atoms with Crippen molar-refractivity contribution in [1.82, 2.24) is 9.97 Å². The van der Waals surface area contributed by atoms with E-state index in [0.29, 0.717) is 22.4 Å². The van der Waals surface area contributed by atoms with Gasteiger partial charge in [-0.05, 0) is 60.3 Å². The summed E-state index contributed by atoms with van der Waals surface area (Å²) in [7, 11) is 0. The summed E-state index contributed by atoms with van der Waals surface area (Å²) in [6.07, 6.45) is 2.70. The van der Waals surface area contributed by atoms with E-state index in [2.05, 4.69) is 41.8 Å². The Labute approximate surface area is 254 Å². The lowest BCUT2D eigenvalue weighted by Gasteiger charge is -1.90. The average molecular weight is 692 g/mol. The second-order valence-corrected chi connectivity index (χ2v) is 11.4. The van der Waals surface area contributed by atoms with Gasteiger partial charge in [-0.15, -0.1) is 11.3 Å². The monoisotopic (exact) mass is 690 g/mol. The number of halogens is 2. The molecule has 0 saturated carbocycles. The first-order valence-corrected chi connectivity index (χ1v) is 14.2. The second kappa shape index (κ2) is 16.2. The van der Waals surface area contributed by atoms with E-state index in [1.807, 2.05) is 54.6 Å². The quantitative estimate of drug-likeness (QED) is 0.140. The van der Waals surface area contributed by atoms with E-state index in [1.54, 1.807) is 25.3 Å². The van der Waals surface area contributed by atoms with Crippen molar-refractivity contribution in [3.8, 4) is 0 Å². The topological polar surface area (TPSA) is 144 Å². The molecule has 1 saturated heterocycles. The van der Waals surface area contributed by atoms with E-state index in [1.165, 1.54) is 11.3 Å². The Kier molecular flexibility index (Phi) is 13.4. The van der Waals surface area contributed by atoms with Gasteiger partial charge < -0.3 is 26.3 Å². The third-order valence-electron chi connectivity index (χ3n) is 5.31. The first kappa shape index (κ1) is 33.1. The van der Waals surface area contributed by atoms with Crippen LogP contribution in [0.2, 0.25) is 0 Å². The molecule has 1 fully saturated rings. The molecule has 11 heteroatoms. The van der Waals surface area contributed by atoms with Crippen LogP contribution in [0.15, 0.2) is 81.9 Å². The number of carbonyl (C=O) groups excluding carboxylic acids is 1. The average Bonchev–Trinajstić information content (AvgIpc) is 3.65. The van der Waals surface area contributed by atoms with Crippen molar-refractivity contribution in [2.75, 3.05) is 18.9 Å². The van der Waals surface area contributed by atoms with Crippen molar-refractivity contribution >= 4 is 81.8 Å². The van der Waals surface area contributed by atoms with E-state index in [9.17, 15) is 9.59 Å². The summed E-state index contributed by atoms with van der Waals surface area (Å²) < 4.78 is 7.91. The molecule has 2 aromatic carbocycles. The Morgan fingerprint density at radius 2 is 1.75 bits per heavy atom. The number of ether oxygens (including phenoxy) is 1. The van der Waals surface area contributed by atoms with Crippen molar-refractivity contribution in [2.24, 2.45) is 5.73 Å². The molecule has 8 nitrogen and oxygen atoms in total. The van der Waals surface area contributed by atoms with Crippen LogP contribution >= 0.6 is 43.2 Å². The molecule has 0 spiro atoms. The second-order valence-electron chi connectivity index (χ2n) is 8.45. The summed E-state index contributed by atoms with van der Waals surface area (Å²) >= 11 is 8.00. The Balaban J connectivity index is 0.000000195. The molecule has 0 radical (unpaired) electrons. The molecule has 0 aliphatic carbocycles. The van der Waals surface area contributed by atoms with E-state index in [0.717, 1.165) is 49.6 Å². The zero-order valence-corrected chi connectivity index (χ0v) is 25.1. The maximum atomic E-state index is 11.1. The number of aromatic carboxylic acids is 1. The molecule has 1 aliphatic rings. The lowest BCUT2D eigenvalue weighted by atomic mass is 10.2. The minimum atomic E-state index is -0.864. The highest BCUT2D eigenvalue weighted by molar-refractivity contribution is 9.10. The van der Waals surface area contributed by atoms with Crippen LogP contribution in [0.5, 0.6) is 0 Å². The van der Waals surface area contributed by atoms with Gasteiger partial charge in [0.1, 0.15) is 10.7 Å². The number of ketones is 1. The van der Waals surface area contributed by atoms with Crippen LogP contribution in [0.3, 0.4) is 0 Å². The highest BCUT2D eigenvalue weighted by atomic mass is 79.9. The van der Waals surface area contributed by atoms with Gasteiger partial charge in [0.25, 0.3) is 0 Å². The maximum Gasteiger partial charge on any atom is 0.345 e. The normalized spacial score (nSPS) is 13.6. The third kappa shape index (κ3) is 10.5. The van der Waals surface area contributed by atoms with Gasteiger partial charge in [0.05, 0.1) is 12.3 Å².